The number of hydrogen-bond donors (Lipinski definition) is 0. The summed E-state index contributed by atoms with van der Waals surface area (Å²) in [6, 6.07) is 44.6. The van der Waals surface area contributed by atoms with Gasteiger partial charge in [0.05, 0.1) is 0 Å². The highest BCUT2D eigenvalue weighted by atomic mass is 32.1. The molecule has 0 amide bonds. The lowest BCUT2D eigenvalue weighted by atomic mass is 9.80. The van der Waals surface area contributed by atoms with Crippen LogP contribution in [-0.2, 0) is 6.42 Å². The van der Waals surface area contributed by atoms with E-state index in [9.17, 15) is 0 Å². The quantitative estimate of drug-likeness (QED) is 0.220. The van der Waals surface area contributed by atoms with Crippen LogP contribution < -0.4 is 0 Å². The highest BCUT2D eigenvalue weighted by Crippen LogP contribution is 2.46. The summed E-state index contributed by atoms with van der Waals surface area (Å²) >= 11 is 1.89. The molecule has 0 aliphatic heterocycles. The SMILES string of the molecule is C1=Cc2c(c(-c3ccccc3)c3ccccc3c2-c2ccc3sc4ccc(-c5ccccc5)cc4c3c2)CC1. The highest BCUT2D eigenvalue weighted by molar-refractivity contribution is 7.25. The fourth-order valence-electron chi connectivity index (χ4n) is 6.37. The minimum Gasteiger partial charge on any atom is -0.135 e. The van der Waals surface area contributed by atoms with E-state index in [1.165, 1.54) is 75.5 Å². The summed E-state index contributed by atoms with van der Waals surface area (Å²) in [6.07, 6.45) is 6.87. The van der Waals surface area contributed by atoms with E-state index >= 15 is 0 Å². The minimum atomic E-state index is 1.07. The van der Waals surface area contributed by atoms with Crippen LogP contribution in [0.15, 0.2) is 127 Å². The van der Waals surface area contributed by atoms with Crippen molar-refractivity contribution in [3.05, 3.63) is 139 Å². The fourth-order valence-corrected chi connectivity index (χ4v) is 7.44. The molecule has 1 heteroatoms. The van der Waals surface area contributed by atoms with Crippen LogP contribution in [0.3, 0.4) is 0 Å². The average Bonchev–Trinajstić information content (AvgIpc) is 3.38. The van der Waals surface area contributed by atoms with Crippen molar-refractivity contribution in [3.8, 4) is 33.4 Å². The molecule has 0 radical (unpaired) electrons. The Balaban J connectivity index is 1.41. The lowest BCUT2D eigenvalue weighted by molar-refractivity contribution is 0.991. The van der Waals surface area contributed by atoms with Crippen molar-refractivity contribution < 1.29 is 0 Å². The second-order valence-corrected chi connectivity index (χ2v) is 11.5. The van der Waals surface area contributed by atoms with E-state index in [1.54, 1.807) is 0 Å². The Morgan fingerprint density at radius 3 is 1.77 bits per heavy atom. The predicted molar refractivity (Wildman–Crippen MR) is 170 cm³/mol. The van der Waals surface area contributed by atoms with Crippen molar-refractivity contribution in [3.63, 3.8) is 0 Å². The largest absolute Gasteiger partial charge is 0.135 e. The second-order valence-electron chi connectivity index (χ2n) is 10.4. The zero-order valence-corrected chi connectivity index (χ0v) is 22.3. The Hall–Kier alpha value is -4.46. The van der Waals surface area contributed by atoms with Gasteiger partial charge in [-0.15, -0.1) is 11.3 Å². The third-order valence-corrected chi connectivity index (χ3v) is 9.29. The minimum absolute atomic E-state index is 1.07. The maximum atomic E-state index is 2.44. The van der Waals surface area contributed by atoms with Gasteiger partial charge in [0.15, 0.2) is 0 Å². The first-order valence-electron chi connectivity index (χ1n) is 13.7. The van der Waals surface area contributed by atoms with Crippen LogP contribution in [0.1, 0.15) is 17.5 Å². The fraction of sp³-hybridized carbons (Fsp3) is 0.0526. The lowest BCUT2D eigenvalue weighted by Crippen LogP contribution is -2.02. The summed E-state index contributed by atoms with van der Waals surface area (Å²) in [4.78, 5) is 0. The summed E-state index contributed by atoms with van der Waals surface area (Å²) in [6.45, 7) is 0. The average molecular weight is 515 g/mol. The van der Waals surface area contributed by atoms with E-state index in [4.69, 9.17) is 0 Å². The first-order valence-corrected chi connectivity index (χ1v) is 14.5. The van der Waals surface area contributed by atoms with Crippen molar-refractivity contribution >= 4 is 48.4 Å². The monoisotopic (exact) mass is 514 g/mol. The Labute approximate surface area is 232 Å². The van der Waals surface area contributed by atoms with E-state index in [1.807, 2.05) is 11.3 Å². The Bertz CT molecular complexity index is 2040. The summed E-state index contributed by atoms with van der Waals surface area (Å²) in [7, 11) is 0. The number of allylic oxidation sites excluding steroid dienone is 1. The molecule has 0 nitrogen and oxygen atoms in total. The van der Waals surface area contributed by atoms with Gasteiger partial charge in [-0.1, -0.05) is 109 Å². The molecule has 39 heavy (non-hydrogen) atoms. The smallest absolute Gasteiger partial charge is 0.0355 e. The third-order valence-electron chi connectivity index (χ3n) is 8.13. The Morgan fingerprint density at radius 2 is 1.05 bits per heavy atom. The summed E-state index contributed by atoms with van der Waals surface area (Å²) < 4.78 is 2.68. The number of hydrogen-bond acceptors (Lipinski definition) is 1. The first kappa shape index (κ1) is 22.5. The molecule has 1 heterocycles. The molecule has 0 bridgehead atoms. The standard InChI is InChI=1S/C38H26S/c1-3-11-25(12-4-1)27-19-21-35-33(23-27)34-24-28(20-22-36(34)39-35)38-31-17-9-7-15-29(31)37(26-13-5-2-6-14-26)30-16-8-10-18-32(30)38/h1-7,9-15,17-24H,8,16H2. The van der Waals surface area contributed by atoms with Gasteiger partial charge in [0.1, 0.15) is 0 Å². The molecule has 184 valence electrons. The molecule has 1 aromatic heterocycles. The highest BCUT2D eigenvalue weighted by Gasteiger charge is 2.22. The van der Waals surface area contributed by atoms with Gasteiger partial charge in [0.25, 0.3) is 0 Å². The van der Waals surface area contributed by atoms with Crippen molar-refractivity contribution in [2.75, 3.05) is 0 Å². The zero-order valence-electron chi connectivity index (χ0n) is 21.5. The Kier molecular flexibility index (Phi) is 5.24. The molecule has 6 aromatic carbocycles. The summed E-state index contributed by atoms with van der Waals surface area (Å²) in [5.74, 6) is 0. The summed E-state index contributed by atoms with van der Waals surface area (Å²) in [5, 5.41) is 5.35. The van der Waals surface area contributed by atoms with Gasteiger partial charge in [-0.2, -0.15) is 0 Å². The van der Waals surface area contributed by atoms with Crippen molar-refractivity contribution in [2.24, 2.45) is 0 Å². The number of thiophene rings is 1. The number of rotatable bonds is 3. The zero-order chi connectivity index (χ0) is 25.8. The first-order chi connectivity index (χ1) is 19.3. The maximum Gasteiger partial charge on any atom is 0.0355 e. The molecule has 1 aliphatic carbocycles. The van der Waals surface area contributed by atoms with Gasteiger partial charge in [-0.25, -0.2) is 0 Å². The van der Waals surface area contributed by atoms with Crippen LogP contribution >= 0.6 is 11.3 Å². The van der Waals surface area contributed by atoms with Crippen LogP contribution in [0, 0.1) is 0 Å². The van der Waals surface area contributed by atoms with E-state index in [0.29, 0.717) is 0 Å². The molecule has 0 atom stereocenters. The number of fused-ring (bicyclic) bond motifs is 5. The van der Waals surface area contributed by atoms with E-state index in [2.05, 4.69) is 133 Å². The predicted octanol–water partition coefficient (Wildman–Crippen LogP) is 11.2. The molecule has 0 saturated heterocycles. The van der Waals surface area contributed by atoms with Crippen LogP contribution in [0.5, 0.6) is 0 Å². The van der Waals surface area contributed by atoms with Crippen molar-refractivity contribution in [1.82, 2.24) is 0 Å². The van der Waals surface area contributed by atoms with Crippen molar-refractivity contribution in [2.45, 2.75) is 12.8 Å². The molecule has 1 aliphatic rings. The van der Waals surface area contributed by atoms with Gasteiger partial charge < -0.3 is 0 Å². The molecule has 7 aromatic rings. The van der Waals surface area contributed by atoms with Crippen LogP contribution in [0.4, 0.5) is 0 Å². The molecule has 0 unspecified atom stereocenters. The Morgan fingerprint density at radius 1 is 0.462 bits per heavy atom. The molecular weight excluding hydrogens is 488 g/mol. The maximum absolute atomic E-state index is 2.44. The number of benzene rings is 6. The molecule has 0 saturated carbocycles. The molecule has 8 rings (SSSR count). The third kappa shape index (κ3) is 3.66. The van der Waals surface area contributed by atoms with Gasteiger partial charge in [0, 0.05) is 20.2 Å². The molecule has 0 N–H and O–H groups in total. The van der Waals surface area contributed by atoms with Gasteiger partial charge in [-0.3, -0.25) is 0 Å². The second kappa shape index (κ2) is 9.08. The molecule has 0 fully saturated rings. The van der Waals surface area contributed by atoms with E-state index < -0.39 is 0 Å². The van der Waals surface area contributed by atoms with Crippen molar-refractivity contribution in [1.29, 1.82) is 0 Å². The van der Waals surface area contributed by atoms with Gasteiger partial charge >= 0.3 is 0 Å². The van der Waals surface area contributed by atoms with Gasteiger partial charge in [-0.05, 0) is 92.4 Å². The van der Waals surface area contributed by atoms with Crippen LogP contribution in [0.2, 0.25) is 0 Å². The normalized spacial score (nSPS) is 12.8. The van der Waals surface area contributed by atoms with E-state index in [0.717, 1.165) is 12.8 Å². The van der Waals surface area contributed by atoms with Crippen LogP contribution in [-0.4, -0.2) is 0 Å². The molecule has 0 spiro atoms. The van der Waals surface area contributed by atoms with E-state index in [-0.39, 0.29) is 0 Å². The molecular formula is C38H26S. The topological polar surface area (TPSA) is 0 Å². The van der Waals surface area contributed by atoms with Crippen LogP contribution in [0.25, 0.3) is 70.4 Å². The van der Waals surface area contributed by atoms with Gasteiger partial charge in [0.2, 0.25) is 0 Å². The lowest BCUT2D eigenvalue weighted by Gasteiger charge is -2.23. The summed E-state index contributed by atoms with van der Waals surface area (Å²) in [5.41, 5.74) is 10.7.